The summed E-state index contributed by atoms with van der Waals surface area (Å²) in [5, 5.41) is 13.1. The highest BCUT2D eigenvalue weighted by Crippen LogP contribution is 2.09. The Morgan fingerprint density at radius 3 is 2.94 bits per heavy atom. The summed E-state index contributed by atoms with van der Waals surface area (Å²) in [6.07, 6.45) is 0. The van der Waals surface area contributed by atoms with Crippen molar-refractivity contribution < 1.29 is 15.2 Å². The average Bonchev–Trinajstić information content (AvgIpc) is 2.35. The van der Waals surface area contributed by atoms with Gasteiger partial charge in [-0.3, -0.25) is 4.79 Å². The molecule has 1 aromatic heterocycles. The quantitative estimate of drug-likeness (QED) is 0.677. The maximum absolute atomic E-state index is 11.8. The fourth-order valence-electron chi connectivity index (χ4n) is 1.69. The van der Waals surface area contributed by atoms with Gasteiger partial charge in [-0.2, -0.15) is 0 Å². The number of aromatic carboxylic acids is 1. The molecule has 0 spiro atoms. The molecule has 2 aromatic rings. The maximum atomic E-state index is 11.8. The number of carboxylic acids is 1. The van der Waals surface area contributed by atoms with Gasteiger partial charge in [0, 0.05) is 0 Å². The summed E-state index contributed by atoms with van der Waals surface area (Å²) in [5.74, 6) is -0.745. The van der Waals surface area contributed by atoms with E-state index in [1.165, 1.54) is 18.2 Å². The molecule has 0 atom stereocenters. The minimum Gasteiger partial charge on any atom is -0.545 e. The molecule has 1 aromatic carbocycles. The number of H-pyrrole nitrogens is 1. The molecule has 0 unspecified atom stereocenters. The summed E-state index contributed by atoms with van der Waals surface area (Å²) in [6, 6.07) is 4.14. The Labute approximate surface area is 103 Å². The highest BCUT2D eigenvalue weighted by Gasteiger charge is 2.06. The number of fused-ring (bicyclic) bond motifs is 1. The lowest BCUT2D eigenvalue weighted by Gasteiger charge is -2.05. The maximum Gasteiger partial charge on any atom is 0.258 e. The summed E-state index contributed by atoms with van der Waals surface area (Å²) in [6.45, 7) is 3.42. The van der Waals surface area contributed by atoms with E-state index in [4.69, 9.17) is 0 Å². The number of hydrogen-bond donors (Lipinski definition) is 2. The second kappa shape index (κ2) is 4.97. The Morgan fingerprint density at radius 1 is 1.50 bits per heavy atom. The molecule has 2 rings (SSSR count). The predicted octanol–water partition coefficient (Wildman–Crippen LogP) is -1.63. The number of benzene rings is 1. The third kappa shape index (κ3) is 2.38. The molecular formula is C12H13N3O3. The Kier molecular flexibility index (Phi) is 3.38. The number of nitrogens with two attached hydrogens (primary N) is 1. The van der Waals surface area contributed by atoms with Crippen molar-refractivity contribution in [3.8, 4) is 0 Å². The van der Waals surface area contributed by atoms with Crippen LogP contribution in [0.1, 0.15) is 23.1 Å². The van der Waals surface area contributed by atoms with E-state index in [-0.39, 0.29) is 11.1 Å². The molecule has 3 N–H and O–H groups in total. The molecule has 6 nitrogen and oxygen atoms in total. The number of quaternary nitrogens is 1. The number of carboxylic acid groups (broad SMARTS) is 1. The first-order valence-electron chi connectivity index (χ1n) is 5.67. The molecule has 0 fully saturated rings. The molecule has 0 saturated heterocycles. The minimum atomic E-state index is -1.28. The number of aromatic nitrogens is 2. The van der Waals surface area contributed by atoms with Crippen LogP contribution in [0.4, 0.5) is 0 Å². The van der Waals surface area contributed by atoms with Crippen LogP contribution in [0.5, 0.6) is 0 Å². The number of nitrogens with one attached hydrogen (secondary N) is 1. The lowest BCUT2D eigenvalue weighted by atomic mass is 10.1. The van der Waals surface area contributed by atoms with Crippen LogP contribution in [-0.4, -0.2) is 22.5 Å². The van der Waals surface area contributed by atoms with E-state index in [1.54, 1.807) is 0 Å². The van der Waals surface area contributed by atoms with E-state index in [9.17, 15) is 14.7 Å². The predicted molar refractivity (Wildman–Crippen MR) is 62.9 cm³/mol. The Bertz CT molecular complexity index is 649. The third-order valence-electron chi connectivity index (χ3n) is 2.62. The van der Waals surface area contributed by atoms with Crippen molar-refractivity contribution in [1.82, 2.24) is 9.97 Å². The molecule has 0 aliphatic carbocycles. The molecule has 0 amide bonds. The summed E-state index contributed by atoms with van der Waals surface area (Å²) in [7, 11) is 0. The van der Waals surface area contributed by atoms with Gasteiger partial charge in [-0.15, -0.1) is 0 Å². The van der Waals surface area contributed by atoms with Crippen molar-refractivity contribution in [3.05, 3.63) is 39.9 Å². The summed E-state index contributed by atoms with van der Waals surface area (Å²) < 4.78 is 0. The van der Waals surface area contributed by atoms with Crippen LogP contribution in [0.15, 0.2) is 23.0 Å². The second-order valence-corrected chi connectivity index (χ2v) is 3.93. The van der Waals surface area contributed by atoms with Crippen LogP contribution in [0, 0.1) is 0 Å². The fourth-order valence-corrected chi connectivity index (χ4v) is 1.69. The average molecular weight is 247 g/mol. The third-order valence-corrected chi connectivity index (χ3v) is 2.62. The molecule has 94 valence electrons. The Hall–Kier alpha value is -2.21. The van der Waals surface area contributed by atoms with E-state index in [0.717, 1.165) is 6.54 Å². The minimum absolute atomic E-state index is 0.0195. The van der Waals surface area contributed by atoms with E-state index >= 15 is 0 Å². The van der Waals surface area contributed by atoms with Gasteiger partial charge >= 0.3 is 0 Å². The highest BCUT2D eigenvalue weighted by molar-refractivity contribution is 5.91. The zero-order chi connectivity index (χ0) is 13.1. The lowest BCUT2D eigenvalue weighted by molar-refractivity contribution is -0.668. The van der Waals surface area contributed by atoms with E-state index < -0.39 is 5.97 Å². The van der Waals surface area contributed by atoms with Crippen LogP contribution in [-0.2, 0) is 6.54 Å². The zero-order valence-electron chi connectivity index (χ0n) is 9.90. The van der Waals surface area contributed by atoms with Gasteiger partial charge in [0.2, 0.25) is 0 Å². The van der Waals surface area contributed by atoms with Crippen LogP contribution in [0.2, 0.25) is 0 Å². The van der Waals surface area contributed by atoms with Gasteiger partial charge in [-0.25, -0.2) is 4.98 Å². The molecule has 1 heterocycles. The van der Waals surface area contributed by atoms with Crippen LogP contribution in [0.25, 0.3) is 10.9 Å². The molecule has 0 bridgehead atoms. The Balaban J connectivity index is 2.54. The van der Waals surface area contributed by atoms with Crippen LogP contribution >= 0.6 is 0 Å². The van der Waals surface area contributed by atoms with Crippen molar-refractivity contribution in [2.75, 3.05) is 6.54 Å². The highest BCUT2D eigenvalue weighted by atomic mass is 16.4. The summed E-state index contributed by atoms with van der Waals surface area (Å²) >= 11 is 0. The van der Waals surface area contributed by atoms with Gasteiger partial charge in [-0.1, -0.05) is 6.07 Å². The standard InChI is InChI=1S/C12H13N3O3/c1-2-13-6-10-14-9-5-7(12(17)18)3-4-8(9)11(16)15-10/h3-5,13H,2,6H2,1H3,(H,17,18)(H,14,15,16). The number of rotatable bonds is 4. The molecule has 0 saturated carbocycles. The number of aromatic amines is 1. The number of nitrogens with zero attached hydrogens (tertiary/aromatic N) is 1. The first kappa shape index (κ1) is 12.3. The van der Waals surface area contributed by atoms with Gasteiger partial charge < -0.3 is 20.2 Å². The largest absolute Gasteiger partial charge is 0.545 e. The van der Waals surface area contributed by atoms with Crippen molar-refractivity contribution in [3.63, 3.8) is 0 Å². The lowest BCUT2D eigenvalue weighted by Crippen LogP contribution is -2.82. The second-order valence-electron chi connectivity index (χ2n) is 3.93. The van der Waals surface area contributed by atoms with Crippen molar-refractivity contribution >= 4 is 16.9 Å². The monoisotopic (exact) mass is 247 g/mol. The normalized spacial score (nSPS) is 10.7. The van der Waals surface area contributed by atoms with Gasteiger partial charge in [0.1, 0.15) is 6.54 Å². The first-order chi connectivity index (χ1) is 8.61. The van der Waals surface area contributed by atoms with E-state index in [1.807, 2.05) is 12.2 Å². The molecule has 0 aliphatic heterocycles. The molecule has 0 aliphatic rings. The SMILES string of the molecule is CC[NH2+]Cc1nc2cc(C(=O)[O-])ccc2c(=O)[nH]1. The Morgan fingerprint density at radius 2 is 2.28 bits per heavy atom. The number of carbonyl (C=O) groups is 1. The van der Waals surface area contributed by atoms with Crippen molar-refractivity contribution in [2.24, 2.45) is 0 Å². The van der Waals surface area contributed by atoms with Crippen molar-refractivity contribution in [1.29, 1.82) is 0 Å². The topological polar surface area (TPSA) is 102 Å². The van der Waals surface area contributed by atoms with Crippen LogP contribution < -0.4 is 16.0 Å². The molecule has 0 radical (unpaired) electrons. The van der Waals surface area contributed by atoms with Crippen molar-refractivity contribution in [2.45, 2.75) is 13.5 Å². The van der Waals surface area contributed by atoms with E-state index in [2.05, 4.69) is 9.97 Å². The van der Waals surface area contributed by atoms with Gasteiger partial charge in [0.15, 0.2) is 5.82 Å². The molecule has 18 heavy (non-hydrogen) atoms. The fraction of sp³-hybridized carbons (Fsp3) is 0.250. The van der Waals surface area contributed by atoms with Crippen LogP contribution in [0.3, 0.4) is 0 Å². The van der Waals surface area contributed by atoms with Gasteiger partial charge in [0.05, 0.1) is 23.4 Å². The number of carbonyl (C=O) groups excluding carboxylic acids is 1. The van der Waals surface area contributed by atoms with Gasteiger partial charge in [-0.05, 0) is 24.6 Å². The number of hydrogen-bond acceptors (Lipinski definition) is 4. The summed E-state index contributed by atoms with van der Waals surface area (Å²) in [4.78, 5) is 29.4. The molecule has 6 heteroatoms. The smallest absolute Gasteiger partial charge is 0.258 e. The van der Waals surface area contributed by atoms with Gasteiger partial charge in [0.25, 0.3) is 5.56 Å². The first-order valence-corrected chi connectivity index (χ1v) is 5.67. The zero-order valence-corrected chi connectivity index (χ0v) is 9.90. The molecular weight excluding hydrogens is 234 g/mol. The van der Waals surface area contributed by atoms with E-state index in [0.29, 0.717) is 23.3 Å². The summed E-state index contributed by atoms with van der Waals surface area (Å²) in [5.41, 5.74) is 0.135.